The molecule has 8 nitrogen and oxygen atoms in total. The van der Waals surface area contributed by atoms with E-state index in [-0.39, 0.29) is 24.3 Å². The minimum absolute atomic E-state index is 0.103. The van der Waals surface area contributed by atoms with Gasteiger partial charge in [-0.2, -0.15) is 5.10 Å². The van der Waals surface area contributed by atoms with Crippen LogP contribution in [0.5, 0.6) is 0 Å². The molecule has 0 radical (unpaired) electrons. The Balaban J connectivity index is 2.59. The van der Waals surface area contributed by atoms with Crippen LogP contribution in [0.4, 0.5) is 5.69 Å². The van der Waals surface area contributed by atoms with Gasteiger partial charge in [-0.1, -0.05) is 12.1 Å². The van der Waals surface area contributed by atoms with E-state index in [4.69, 9.17) is 4.74 Å². The van der Waals surface area contributed by atoms with Gasteiger partial charge in [0.15, 0.2) is 0 Å². The van der Waals surface area contributed by atoms with Gasteiger partial charge in [-0.3, -0.25) is 19.7 Å². The SMILES string of the molecule is CCOC(=O)Cc1c(-c2cccc([N+](=O)[O-])c2)cnn(CC)c1=O. The van der Waals surface area contributed by atoms with E-state index in [1.807, 2.05) is 0 Å². The van der Waals surface area contributed by atoms with E-state index in [1.54, 1.807) is 19.9 Å². The van der Waals surface area contributed by atoms with Crippen LogP contribution in [0, 0.1) is 10.1 Å². The van der Waals surface area contributed by atoms with Crippen molar-refractivity contribution >= 4 is 11.7 Å². The number of carbonyl (C=O) groups is 1. The summed E-state index contributed by atoms with van der Waals surface area (Å²) in [6.45, 7) is 3.99. The third kappa shape index (κ3) is 3.65. The molecule has 126 valence electrons. The summed E-state index contributed by atoms with van der Waals surface area (Å²) >= 11 is 0. The number of nitrogens with zero attached hydrogens (tertiary/aromatic N) is 3. The average molecular weight is 331 g/mol. The summed E-state index contributed by atoms with van der Waals surface area (Å²) in [6.07, 6.45) is 1.23. The van der Waals surface area contributed by atoms with Crippen molar-refractivity contribution in [3.05, 3.63) is 56.5 Å². The summed E-state index contributed by atoms with van der Waals surface area (Å²) in [5.41, 5.74) is 0.549. The molecule has 0 saturated heterocycles. The second-order valence-electron chi connectivity index (χ2n) is 4.95. The van der Waals surface area contributed by atoms with E-state index in [2.05, 4.69) is 5.10 Å². The Hall–Kier alpha value is -3.03. The molecule has 0 bridgehead atoms. The number of aryl methyl sites for hydroxylation is 1. The molecule has 1 heterocycles. The molecule has 0 N–H and O–H groups in total. The van der Waals surface area contributed by atoms with Crippen LogP contribution in [-0.2, 0) is 22.5 Å². The monoisotopic (exact) mass is 331 g/mol. The molecule has 1 aromatic heterocycles. The number of carbonyl (C=O) groups excluding carboxylic acids is 1. The Morgan fingerprint density at radius 2 is 2.12 bits per heavy atom. The Bertz CT molecular complexity index is 829. The fourth-order valence-electron chi connectivity index (χ4n) is 2.32. The maximum Gasteiger partial charge on any atom is 0.310 e. The Morgan fingerprint density at radius 1 is 1.38 bits per heavy atom. The van der Waals surface area contributed by atoms with Crippen molar-refractivity contribution in [2.45, 2.75) is 26.8 Å². The number of nitro benzene ring substituents is 1. The molecule has 2 aromatic rings. The fraction of sp³-hybridized carbons (Fsp3) is 0.312. The van der Waals surface area contributed by atoms with Gasteiger partial charge in [0.05, 0.1) is 24.1 Å². The average Bonchev–Trinajstić information content (AvgIpc) is 2.57. The molecule has 0 saturated carbocycles. The topological polar surface area (TPSA) is 104 Å². The van der Waals surface area contributed by atoms with Gasteiger partial charge < -0.3 is 4.74 Å². The van der Waals surface area contributed by atoms with Crippen molar-refractivity contribution in [2.24, 2.45) is 0 Å². The number of nitro groups is 1. The first-order chi connectivity index (χ1) is 11.5. The molecular weight excluding hydrogens is 314 g/mol. The summed E-state index contributed by atoms with van der Waals surface area (Å²) in [6, 6.07) is 5.86. The quantitative estimate of drug-likeness (QED) is 0.455. The van der Waals surface area contributed by atoms with Crippen LogP contribution in [-0.4, -0.2) is 27.3 Å². The zero-order valence-corrected chi connectivity index (χ0v) is 13.4. The van der Waals surface area contributed by atoms with E-state index in [1.165, 1.54) is 29.1 Å². The molecule has 1 aromatic carbocycles. The number of non-ortho nitro benzene ring substituents is 1. The molecule has 24 heavy (non-hydrogen) atoms. The van der Waals surface area contributed by atoms with Gasteiger partial charge >= 0.3 is 5.97 Å². The lowest BCUT2D eigenvalue weighted by Crippen LogP contribution is -2.28. The van der Waals surface area contributed by atoms with E-state index in [0.717, 1.165) is 0 Å². The van der Waals surface area contributed by atoms with Gasteiger partial charge in [-0.25, -0.2) is 4.68 Å². The maximum absolute atomic E-state index is 12.5. The van der Waals surface area contributed by atoms with E-state index in [9.17, 15) is 19.7 Å². The Morgan fingerprint density at radius 3 is 2.75 bits per heavy atom. The van der Waals surface area contributed by atoms with Gasteiger partial charge in [0.2, 0.25) is 0 Å². The number of rotatable bonds is 6. The van der Waals surface area contributed by atoms with Crippen molar-refractivity contribution in [2.75, 3.05) is 6.61 Å². The van der Waals surface area contributed by atoms with Crippen LogP contribution >= 0.6 is 0 Å². The number of hydrogen-bond donors (Lipinski definition) is 0. The summed E-state index contributed by atoms with van der Waals surface area (Å²) in [5.74, 6) is -0.532. The van der Waals surface area contributed by atoms with Crippen LogP contribution in [0.2, 0.25) is 0 Å². The van der Waals surface area contributed by atoms with Crippen LogP contribution in [0.3, 0.4) is 0 Å². The lowest BCUT2D eigenvalue weighted by atomic mass is 10.0. The molecule has 0 aliphatic rings. The van der Waals surface area contributed by atoms with E-state index in [0.29, 0.717) is 17.7 Å². The highest BCUT2D eigenvalue weighted by molar-refractivity contribution is 5.77. The largest absolute Gasteiger partial charge is 0.466 e. The van der Waals surface area contributed by atoms with Crippen LogP contribution < -0.4 is 5.56 Å². The molecule has 0 aliphatic carbocycles. The molecular formula is C16H17N3O5. The van der Waals surface area contributed by atoms with Crippen molar-refractivity contribution in [3.8, 4) is 11.1 Å². The predicted molar refractivity (Wildman–Crippen MR) is 86.6 cm³/mol. The van der Waals surface area contributed by atoms with Crippen molar-refractivity contribution in [3.63, 3.8) is 0 Å². The minimum Gasteiger partial charge on any atom is -0.466 e. The Kier molecular flexibility index (Phi) is 5.41. The number of esters is 1. The van der Waals surface area contributed by atoms with E-state index >= 15 is 0 Å². The maximum atomic E-state index is 12.5. The highest BCUT2D eigenvalue weighted by atomic mass is 16.6. The van der Waals surface area contributed by atoms with Crippen molar-refractivity contribution in [1.82, 2.24) is 9.78 Å². The fourth-order valence-corrected chi connectivity index (χ4v) is 2.32. The number of ether oxygens (including phenoxy) is 1. The first-order valence-electron chi connectivity index (χ1n) is 7.47. The highest BCUT2D eigenvalue weighted by Gasteiger charge is 2.18. The van der Waals surface area contributed by atoms with Crippen LogP contribution in [0.25, 0.3) is 11.1 Å². The molecule has 0 amide bonds. The van der Waals surface area contributed by atoms with E-state index < -0.39 is 16.5 Å². The third-order valence-electron chi connectivity index (χ3n) is 3.44. The van der Waals surface area contributed by atoms with Crippen LogP contribution in [0.1, 0.15) is 19.4 Å². The van der Waals surface area contributed by atoms with Gasteiger partial charge in [-0.15, -0.1) is 0 Å². The molecule has 2 rings (SSSR count). The van der Waals surface area contributed by atoms with Crippen LogP contribution in [0.15, 0.2) is 35.3 Å². The number of benzene rings is 1. The molecule has 0 atom stereocenters. The normalized spacial score (nSPS) is 10.4. The highest BCUT2D eigenvalue weighted by Crippen LogP contribution is 2.25. The standard InChI is InChI=1S/C16H17N3O5/c1-3-18-16(21)13(9-15(20)24-4-2)14(10-17-18)11-6-5-7-12(8-11)19(22)23/h5-8,10H,3-4,9H2,1-2H3. The first-order valence-corrected chi connectivity index (χ1v) is 7.47. The lowest BCUT2D eigenvalue weighted by molar-refractivity contribution is -0.384. The van der Waals surface area contributed by atoms with Crippen molar-refractivity contribution < 1.29 is 14.5 Å². The minimum atomic E-state index is -0.532. The zero-order chi connectivity index (χ0) is 17.7. The molecule has 0 aliphatic heterocycles. The number of aromatic nitrogens is 2. The summed E-state index contributed by atoms with van der Waals surface area (Å²) < 4.78 is 6.14. The van der Waals surface area contributed by atoms with Crippen molar-refractivity contribution in [1.29, 1.82) is 0 Å². The summed E-state index contributed by atoms with van der Waals surface area (Å²) in [4.78, 5) is 34.8. The smallest absolute Gasteiger partial charge is 0.310 e. The third-order valence-corrected chi connectivity index (χ3v) is 3.44. The van der Waals surface area contributed by atoms with Gasteiger partial charge in [-0.05, 0) is 19.4 Å². The molecule has 0 unspecified atom stereocenters. The predicted octanol–water partition coefficient (Wildman–Crippen LogP) is 1.94. The second kappa shape index (κ2) is 7.49. The lowest BCUT2D eigenvalue weighted by Gasteiger charge is -2.11. The molecule has 0 fully saturated rings. The molecule has 8 heteroatoms. The van der Waals surface area contributed by atoms with Gasteiger partial charge in [0.25, 0.3) is 11.2 Å². The summed E-state index contributed by atoms with van der Waals surface area (Å²) in [7, 11) is 0. The second-order valence-corrected chi connectivity index (χ2v) is 4.95. The Labute approximate surface area is 137 Å². The summed E-state index contributed by atoms with van der Waals surface area (Å²) in [5, 5.41) is 15.0. The van der Waals surface area contributed by atoms with Gasteiger partial charge in [0, 0.05) is 29.8 Å². The van der Waals surface area contributed by atoms with Gasteiger partial charge in [0.1, 0.15) is 0 Å². The zero-order valence-electron chi connectivity index (χ0n) is 13.4. The first kappa shape index (κ1) is 17.3. The molecule has 0 spiro atoms. The number of hydrogen-bond acceptors (Lipinski definition) is 6.